The van der Waals surface area contributed by atoms with Gasteiger partial charge in [0.25, 0.3) is 0 Å². The van der Waals surface area contributed by atoms with Crippen molar-refractivity contribution in [3.05, 3.63) is 101 Å². The molecule has 7 nitrogen and oxygen atoms in total. The van der Waals surface area contributed by atoms with Crippen molar-refractivity contribution in [2.24, 2.45) is 10.8 Å². The zero-order valence-electron chi connectivity index (χ0n) is 37.3. The first-order valence-electron chi connectivity index (χ1n) is 20.7. The quantitative estimate of drug-likeness (QED) is 0.156. The Balaban J connectivity index is 0.000000254. The van der Waals surface area contributed by atoms with Crippen molar-refractivity contribution in [1.82, 2.24) is 26.2 Å². The first-order valence-corrected chi connectivity index (χ1v) is 20.7. The summed E-state index contributed by atoms with van der Waals surface area (Å²) >= 11 is 0. The topological polar surface area (TPSA) is 69.8 Å². The van der Waals surface area contributed by atoms with Gasteiger partial charge in [0.05, 0.1) is 20.3 Å². The molecule has 0 aromatic heterocycles. The minimum atomic E-state index is 0.167. The Labute approximate surface area is 338 Å². The standard InChI is InChI=1S/C14H21N.C12H19NO.C12H19N.C10H22N2O/c1-14(2,3)10-15-13-8-11-6-4-5-7-12(11)9-13;1-12(2,3)13-9-10-5-7-11(14-4)8-6-10;1-12(2,3)10-13-9-11-7-5-4-6-8-11;1-10(2,3)11-4-5-12-6-8-13-9-7-12/h4-7,13,15H,8-10H2,1-3H3;5-8,13H,9H2,1-4H3;4-8,13H,9-10H2,1-3H3;11H,4-9H2,1-3H3. The molecule has 0 bridgehead atoms. The van der Waals surface area contributed by atoms with E-state index in [0.717, 1.165) is 71.3 Å². The van der Waals surface area contributed by atoms with E-state index < -0.39 is 0 Å². The predicted molar refractivity (Wildman–Crippen MR) is 237 cm³/mol. The zero-order valence-corrected chi connectivity index (χ0v) is 37.3. The molecule has 3 aromatic rings. The van der Waals surface area contributed by atoms with Crippen LogP contribution < -0.4 is 26.0 Å². The minimum Gasteiger partial charge on any atom is -0.497 e. The second-order valence-electron chi connectivity index (χ2n) is 19.5. The van der Waals surface area contributed by atoms with E-state index in [2.05, 4.69) is 170 Å². The van der Waals surface area contributed by atoms with E-state index in [-0.39, 0.29) is 11.1 Å². The summed E-state index contributed by atoms with van der Waals surface area (Å²) in [4.78, 5) is 2.45. The number of benzene rings is 3. The molecule has 2 aliphatic rings. The van der Waals surface area contributed by atoms with Gasteiger partial charge in [-0.25, -0.2) is 0 Å². The average molecular weight is 760 g/mol. The van der Waals surface area contributed by atoms with Crippen molar-refractivity contribution in [2.45, 2.75) is 126 Å². The first-order chi connectivity index (χ1) is 25.7. The second kappa shape index (κ2) is 24.1. The van der Waals surface area contributed by atoms with Gasteiger partial charge in [0.15, 0.2) is 0 Å². The van der Waals surface area contributed by atoms with Crippen LogP contribution in [0.2, 0.25) is 0 Å². The molecule has 0 saturated carbocycles. The van der Waals surface area contributed by atoms with E-state index >= 15 is 0 Å². The van der Waals surface area contributed by atoms with Gasteiger partial charge in [0.2, 0.25) is 0 Å². The van der Waals surface area contributed by atoms with Gasteiger partial charge in [-0.2, -0.15) is 0 Å². The first kappa shape index (κ1) is 48.4. The summed E-state index contributed by atoms with van der Waals surface area (Å²) in [5.41, 5.74) is 6.86. The maximum absolute atomic E-state index is 5.28. The maximum atomic E-state index is 5.28. The van der Waals surface area contributed by atoms with E-state index in [4.69, 9.17) is 9.47 Å². The number of rotatable bonds is 11. The third kappa shape index (κ3) is 25.2. The van der Waals surface area contributed by atoms with E-state index in [1.165, 1.54) is 35.1 Å². The Morgan fingerprint density at radius 1 is 0.618 bits per heavy atom. The van der Waals surface area contributed by atoms with Crippen molar-refractivity contribution in [2.75, 3.05) is 59.6 Å². The highest BCUT2D eigenvalue weighted by Gasteiger charge is 2.22. The largest absolute Gasteiger partial charge is 0.497 e. The average Bonchev–Trinajstić information content (AvgIpc) is 3.54. The molecule has 0 unspecified atom stereocenters. The predicted octanol–water partition coefficient (Wildman–Crippen LogP) is 8.90. The van der Waals surface area contributed by atoms with E-state index in [1.807, 2.05) is 18.2 Å². The number of fused-ring (bicyclic) bond motifs is 1. The van der Waals surface area contributed by atoms with Crippen molar-refractivity contribution in [1.29, 1.82) is 0 Å². The molecule has 1 aliphatic carbocycles. The van der Waals surface area contributed by atoms with Crippen LogP contribution in [0.15, 0.2) is 78.9 Å². The smallest absolute Gasteiger partial charge is 0.118 e. The van der Waals surface area contributed by atoms with Crippen molar-refractivity contribution >= 4 is 0 Å². The lowest BCUT2D eigenvalue weighted by Gasteiger charge is -2.28. The fraction of sp³-hybridized carbons (Fsp3) is 0.625. The molecule has 5 rings (SSSR count). The molecule has 1 heterocycles. The van der Waals surface area contributed by atoms with Crippen LogP contribution in [0.5, 0.6) is 5.75 Å². The van der Waals surface area contributed by atoms with E-state index in [9.17, 15) is 0 Å². The number of morpholine rings is 1. The minimum absolute atomic E-state index is 0.167. The second-order valence-corrected chi connectivity index (χ2v) is 19.5. The van der Waals surface area contributed by atoms with Gasteiger partial charge in [-0.05, 0) is 99.6 Å². The fourth-order valence-electron chi connectivity index (χ4n) is 5.86. The molecular formula is C48H81N5O2. The normalized spacial score (nSPS) is 15.1. The lowest BCUT2D eigenvalue weighted by Crippen LogP contribution is -2.44. The fourth-order valence-corrected chi connectivity index (χ4v) is 5.86. The maximum Gasteiger partial charge on any atom is 0.118 e. The van der Waals surface area contributed by atoms with E-state index in [0.29, 0.717) is 16.9 Å². The van der Waals surface area contributed by atoms with Crippen LogP contribution >= 0.6 is 0 Å². The van der Waals surface area contributed by atoms with Gasteiger partial charge < -0.3 is 30.7 Å². The summed E-state index contributed by atoms with van der Waals surface area (Å²) in [5, 5.41) is 14.0. The summed E-state index contributed by atoms with van der Waals surface area (Å²) in [5.74, 6) is 0.907. The summed E-state index contributed by atoms with van der Waals surface area (Å²) in [6.07, 6.45) is 2.40. The van der Waals surface area contributed by atoms with Gasteiger partial charge in [-0.3, -0.25) is 4.90 Å². The van der Waals surface area contributed by atoms with Crippen molar-refractivity contribution < 1.29 is 9.47 Å². The van der Waals surface area contributed by atoms with Gasteiger partial charge in [-0.15, -0.1) is 0 Å². The molecule has 3 aromatic carbocycles. The molecule has 1 aliphatic heterocycles. The highest BCUT2D eigenvalue weighted by Crippen LogP contribution is 2.22. The van der Waals surface area contributed by atoms with Crippen LogP contribution in [0.25, 0.3) is 0 Å². The Bertz CT molecular complexity index is 1390. The number of methoxy groups -OCH3 is 1. The number of nitrogens with one attached hydrogen (secondary N) is 4. The molecule has 310 valence electrons. The number of ether oxygens (including phenoxy) is 2. The Hall–Kier alpha value is -2.78. The lowest BCUT2D eigenvalue weighted by atomic mass is 9.96. The van der Waals surface area contributed by atoms with Crippen LogP contribution in [0.3, 0.4) is 0 Å². The number of nitrogens with zero attached hydrogens (tertiary/aromatic N) is 1. The van der Waals surface area contributed by atoms with Crippen LogP contribution in [-0.2, 0) is 30.7 Å². The van der Waals surface area contributed by atoms with Crippen molar-refractivity contribution in [3.63, 3.8) is 0 Å². The summed E-state index contributed by atoms with van der Waals surface area (Å²) in [6.45, 7) is 36.9. The monoisotopic (exact) mass is 760 g/mol. The highest BCUT2D eigenvalue weighted by atomic mass is 16.5. The van der Waals surface area contributed by atoms with Crippen LogP contribution in [0, 0.1) is 10.8 Å². The summed E-state index contributed by atoms with van der Waals surface area (Å²) in [7, 11) is 1.68. The molecule has 1 fully saturated rings. The molecule has 0 amide bonds. The van der Waals surface area contributed by atoms with Gasteiger partial charge in [-0.1, -0.05) is 108 Å². The number of hydrogen-bond donors (Lipinski definition) is 4. The van der Waals surface area contributed by atoms with E-state index in [1.54, 1.807) is 7.11 Å². The lowest BCUT2D eigenvalue weighted by molar-refractivity contribution is 0.0378. The molecular weight excluding hydrogens is 679 g/mol. The van der Waals surface area contributed by atoms with Gasteiger partial charge in [0.1, 0.15) is 5.75 Å². The molecule has 7 heteroatoms. The molecule has 0 spiro atoms. The van der Waals surface area contributed by atoms with Crippen LogP contribution in [-0.4, -0.2) is 81.6 Å². The summed E-state index contributed by atoms with van der Waals surface area (Å²) in [6, 6.07) is 28.1. The third-order valence-electron chi connectivity index (χ3n) is 8.97. The summed E-state index contributed by atoms with van der Waals surface area (Å²) < 4.78 is 10.4. The third-order valence-corrected chi connectivity index (χ3v) is 8.97. The SMILES string of the molecule is CC(C)(C)CNC1Cc2ccccc2C1.CC(C)(C)CNCc1ccccc1.CC(C)(C)NCCN1CCOCC1.COc1ccc(CNC(C)(C)C)cc1. The van der Waals surface area contributed by atoms with Gasteiger partial charge >= 0.3 is 0 Å². The molecule has 55 heavy (non-hydrogen) atoms. The Morgan fingerprint density at radius 3 is 1.62 bits per heavy atom. The van der Waals surface area contributed by atoms with Crippen LogP contribution in [0.4, 0.5) is 0 Å². The molecule has 0 radical (unpaired) electrons. The molecule has 4 N–H and O–H groups in total. The Morgan fingerprint density at radius 2 is 1.13 bits per heavy atom. The highest BCUT2D eigenvalue weighted by molar-refractivity contribution is 5.33. The van der Waals surface area contributed by atoms with Gasteiger partial charge in [0, 0.05) is 69.5 Å². The molecule has 1 saturated heterocycles. The zero-order chi connectivity index (χ0) is 41.0. The van der Waals surface area contributed by atoms with Crippen LogP contribution in [0.1, 0.15) is 105 Å². The number of hydrogen-bond acceptors (Lipinski definition) is 7. The molecule has 0 atom stereocenters. The Kier molecular flexibility index (Phi) is 21.2. The van der Waals surface area contributed by atoms with Crippen molar-refractivity contribution in [3.8, 4) is 5.75 Å².